The normalized spacial score (nSPS) is 14.4. The minimum atomic E-state index is 0.108. The van der Waals surface area contributed by atoms with Gasteiger partial charge in [-0.15, -0.1) is 0 Å². The Hall–Kier alpha value is -2.88. The summed E-state index contributed by atoms with van der Waals surface area (Å²) in [6.45, 7) is 3.72. The van der Waals surface area contributed by atoms with Gasteiger partial charge in [0.15, 0.2) is 0 Å². The smallest absolute Gasteiger partial charge is 0.254 e. The molecule has 1 fully saturated rings. The van der Waals surface area contributed by atoms with E-state index in [9.17, 15) is 4.79 Å². The van der Waals surface area contributed by atoms with Crippen LogP contribution >= 0.6 is 0 Å². The van der Waals surface area contributed by atoms with Crippen molar-refractivity contribution in [3.8, 4) is 17.0 Å². The molecule has 0 bridgehead atoms. The standard InChI is InChI=1S/C23H24N2O2/c1-16-9-10-21-19(13-16)20(23(26)25-11-4-3-5-12-25)15-22(24-21)17-7-6-8-18(14-17)27-2/h6-10,13-15H,3-5,11-12H2,1-2H3. The molecule has 1 aliphatic rings. The molecular formula is C23H24N2O2. The van der Waals surface area contributed by atoms with Crippen LogP contribution in [0, 0.1) is 6.92 Å². The van der Waals surface area contributed by atoms with Crippen molar-refractivity contribution in [1.29, 1.82) is 0 Å². The first kappa shape index (κ1) is 17.5. The maximum absolute atomic E-state index is 13.3. The largest absolute Gasteiger partial charge is 0.497 e. The highest BCUT2D eigenvalue weighted by Gasteiger charge is 2.21. The first-order valence-electron chi connectivity index (χ1n) is 9.51. The highest BCUT2D eigenvalue weighted by atomic mass is 16.5. The molecule has 0 saturated carbocycles. The Morgan fingerprint density at radius 2 is 1.85 bits per heavy atom. The number of aryl methyl sites for hydroxylation is 1. The van der Waals surface area contributed by atoms with E-state index in [-0.39, 0.29) is 5.91 Å². The van der Waals surface area contributed by atoms with Gasteiger partial charge in [-0.25, -0.2) is 4.98 Å². The summed E-state index contributed by atoms with van der Waals surface area (Å²) in [4.78, 5) is 20.1. The van der Waals surface area contributed by atoms with E-state index >= 15 is 0 Å². The lowest BCUT2D eigenvalue weighted by Gasteiger charge is -2.27. The first-order valence-corrected chi connectivity index (χ1v) is 9.51. The van der Waals surface area contributed by atoms with Crippen LogP contribution in [0.2, 0.25) is 0 Å². The molecule has 0 atom stereocenters. The predicted octanol–water partition coefficient (Wildman–Crippen LogP) is 4.84. The third-order valence-corrected chi connectivity index (χ3v) is 5.20. The molecule has 0 aliphatic carbocycles. The first-order chi connectivity index (χ1) is 13.2. The zero-order valence-electron chi connectivity index (χ0n) is 15.9. The van der Waals surface area contributed by atoms with Gasteiger partial charge in [0.2, 0.25) is 0 Å². The molecule has 2 aromatic carbocycles. The third kappa shape index (κ3) is 3.52. The Balaban J connectivity index is 1.86. The van der Waals surface area contributed by atoms with Crippen LogP contribution in [0.1, 0.15) is 35.2 Å². The quantitative estimate of drug-likeness (QED) is 0.671. The molecule has 4 heteroatoms. The Morgan fingerprint density at radius 1 is 1.04 bits per heavy atom. The highest BCUT2D eigenvalue weighted by Crippen LogP contribution is 2.29. The molecule has 1 aromatic heterocycles. The fraction of sp³-hybridized carbons (Fsp3) is 0.304. The van der Waals surface area contributed by atoms with Gasteiger partial charge < -0.3 is 9.64 Å². The van der Waals surface area contributed by atoms with Crippen molar-refractivity contribution in [2.45, 2.75) is 26.2 Å². The minimum absolute atomic E-state index is 0.108. The molecule has 138 valence electrons. The number of carbonyl (C=O) groups is 1. The number of nitrogens with zero attached hydrogens (tertiary/aromatic N) is 2. The molecule has 27 heavy (non-hydrogen) atoms. The van der Waals surface area contributed by atoms with Crippen LogP contribution in [0.25, 0.3) is 22.2 Å². The van der Waals surface area contributed by atoms with E-state index in [0.29, 0.717) is 0 Å². The summed E-state index contributed by atoms with van der Waals surface area (Å²) < 4.78 is 5.35. The number of hydrogen-bond acceptors (Lipinski definition) is 3. The van der Waals surface area contributed by atoms with E-state index in [1.54, 1.807) is 7.11 Å². The van der Waals surface area contributed by atoms with Crippen molar-refractivity contribution in [1.82, 2.24) is 9.88 Å². The summed E-state index contributed by atoms with van der Waals surface area (Å²) in [7, 11) is 1.65. The summed E-state index contributed by atoms with van der Waals surface area (Å²) in [5, 5.41) is 0.928. The average molecular weight is 360 g/mol. The Bertz CT molecular complexity index is 991. The lowest BCUT2D eigenvalue weighted by Crippen LogP contribution is -2.35. The average Bonchev–Trinajstić information content (AvgIpc) is 2.73. The van der Waals surface area contributed by atoms with Crippen molar-refractivity contribution >= 4 is 16.8 Å². The number of fused-ring (bicyclic) bond motifs is 1. The van der Waals surface area contributed by atoms with E-state index < -0.39 is 0 Å². The third-order valence-electron chi connectivity index (χ3n) is 5.20. The fourth-order valence-corrected chi connectivity index (χ4v) is 3.71. The van der Waals surface area contributed by atoms with Crippen molar-refractivity contribution in [2.24, 2.45) is 0 Å². The second-order valence-corrected chi connectivity index (χ2v) is 7.16. The van der Waals surface area contributed by atoms with Crippen molar-refractivity contribution in [2.75, 3.05) is 20.2 Å². The van der Waals surface area contributed by atoms with Gasteiger partial charge in [-0.05, 0) is 56.5 Å². The van der Waals surface area contributed by atoms with Crippen LogP contribution in [-0.4, -0.2) is 36.0 Å². The minimum Gasteiger partial charge on any atom is -0.497 e. The molecule has 2 heterocycles. The fourth-order valence-electron chi connectivity index (χ4n) is 3.71. The molecule has 1 saturated heterocycles. The summed E-state index contributed by atoms with van der Waals surface area (Å²) in [5.74, 6) is 0.888. The van der Waals surface area contributed by atoms with Crippen LogP contribution < -0.4 is 4.74 Å². The topological polar surface area (TPSA) is 42.4 Å². The van der Waals surface area contributed by atoms with Crippen molar-refractivity contribution in [3.05, 3.63) is 59.7 Å². The maximum Gasteiger partial charge on any atom is 0.254 e. The van der Waals surface area contributed by atoms with Gasteiger partial charge in [0.25, 0.3) is 5.91 Å². The Kier molecular flexibility index (Phi) is 4.80. The van der Waals surface area contributed by atoms with Gasteiger partial charge in [0, 0.05) is 24.0 Å². The summed E-state index contributed by atoms with van der Waals surface area (Å²) >= 11 is 0. The maximum atomic E-state index is 13.3. The number of methoxy groups -OCH3 is 1. The summed E-state index contributed by atoms with van der Waals surface area (Å²) in [5.41, 5.74) is 4.46. The molecule has 3 aromatic rings. The van der Waals surface area contributed by atoms with Gasteiger partial charge in [-0.3, -0.25) is 4.79 Å². The van der Waals surface area contributed by atoms with E-state index in [2.05, 4.69) is 6.07 Å². The molecule has 0 spiro atoms. The number of amides is 1. The second-order valence-electron chi connectivity index (χ2n) is 7.16. The van der Waals surface area contributed by atoms with Crippen molar-refractivity contribution in [3.63, 3.8) is 0 Å². The highest BCUT2D eigenvalue weighted by molar-refractivity contribution is 6.07. The van der Waals surface area contributed by atoms with E-state index in [0.717, 1.165) is 65.0 Å². The predicted molar refractivity (Wildman–Crippen MR) is 108 cm³/mol. The number of rotatable bonds is 3. The monoisotopic (exact) mass is 360 g/mol. The van der Waals surface area contributed by atoms with Crippen LogP contribution in [0.3, 0.4) is 0 Å². The number of carbonyl (C=O) groups excluding carboxylic acids is 1. The zero-order valence-corrected chi connectivity index (χ0v) is 15.9. The van der Waals surface area contributed by atoms with Gasteiger partial charge in [-0.1, -0.05) is 23.8 Å². The summed E-state index contributed by atoms with van der Waals surface area (Å²) in [6, 6.07) is 15.9. The molecule has 0 unspecified atom stereocenters. The van der Waals surface area contributed by atoms with Crippen LogP contribution in [0.15, 0.2) is 48.5 Å². The SMILES string of the molecule is COc1cccc(-c2cc(C(=O)N3CCCCC3)c3cc(C)ccc3n2)c1. The summed E-state index contributed by atoms with van der Waals surface area (Å²) in [6.07, 6.45) is 3.36. The second kappa shape index (κ2) is 7.39. The van der Waals surface area contributed by atoms with Crippen LogP contribution in [-0.2, 0) is 0 Å². The van der Waals surface area contributed by atoms with Gasteiger partial charge in [-0.2, -0.15) is 0 Å². The molecule has 4 rings (SSSR count). The molecule has 1 amide bonds. The Labute approximate surface area is 159 Å². The number of ether oxygens (including phenoxy) is 1. The van der Waals surface area contributed by atoms with Gasteiger partial charge >= 0.3 is 0 Å². The lowest BCUT2D eigenvalue weighted by molar-refractivity contribution is 0.0726. The molecular weight excluding hydrogens is 336 g/mol. The van der Waals surface area contributed by atoms with E-state index in [1.807, 2.05) is 54.3 Å². The number of aromatic nitrogens is 1. The Morgan fingerprint density at radius 3 is 2.63 bits per heavy atom. The van der Waals surface area contributed by atoms with Crippen LogP contribution in [0.4, 0.5) is 0 Å². The number of likely N-dealkylation sites (tertiary alicyclic amines) is 1. The van der Waals surface area contributed by atoms with Gasteiger partial charge in [0.05, 0.1) is 23.9 Å². The number of piperidine rings is 1. The molecule has 1 aliphatic heterocycles. The number of hydrogen-bond donors (Lipinski definition) is 0. The van der Waals surface area contributed by atoms with E-state index in [1.165, 1.54) is 6.42 Å². The molecule has 0 radical (unpaired) electrons. The van der Waals surface area contributed by atoms with Gasteiger partial charge in [0.1, 0.15) is 5.75 Å². The lowest BCUT2D eigenvalue weighted by atomic mass is 10.0. The number of pyridine rings is 1. The molecule has 4 nitrogen and oxygen atoms in total. The zero-order chi connectivity index (χ0) is 18.8. The number of benzene rings is 2. The van der Waals surface area contributed by atoms with Crippen LogP contribution in [0.5, 0.6) is 5.75 Å². The van der Waals surface area contributed by atoms with Crippen molar-refractivity contribution < 1.29 is 9.53 Å². The molecule has 0 N–H and O–H groups in total. The van der Waals surface area contributed by atoms with E-state index in [4.69, 9.17) is 9.72 Å².